The van der Waals surface area contributed by atoms with Crippen LogP contribution in [0.1, 0.15) is 57.7 Å². The van der Waals surface area contributed by atoms with E-state index in [1.807, 2.05) is 35.7 Å². The van der Waals surface area contributed by atoms with Crippen LogP contribution in [0.25, 0.3) is 21.3 Å². The van der Waals surface area contributed by atoms with Crippen LogP contribution in [0.4, 0.5) is 0 Å². The molecule has 0 spiro atoms. The van der Waals surface area contributed by atoms with Crippen LogP contribution in [0.15, 0.2) is 40.5 Å². The number of rotatable bonds is 8. The standard InChI is InChI=1S/C24H31N3O2S/c1-2-9-19(28)14-27(18-12-7-4-8-13-18)15-21-25-23(29)22-20(16-30-24(22)26-21)17-10-5-3-6-11-17/h3,5-6,10-11,16,18-19,28H,2,4,7-9,12-15H2,1H3,(H,25,26,29). The minimum absolute atomic E-state index is 0.0761. The minimum atomic E-state index is -0.334. The summed E-state index contributed by atoms with van der Waals surface area (Å²) >= 11 is 1.52. The number of aliphatic hydroxyl groups excluding tert-OH is 1. The van der Waals surface area contributed by atoms with Gasteiger partial charge in [-0.1, -0.05) is 62.9 Å². The number of benzene rings is 1. The Labute approximate surface area is 181 Å². The normalized spacial score (nSPS) is 16.4. The van der Waals surface area contributed by atoms with E-state index in [-0.39, 0.29) is 11.7 Å². The van der Waals surface area contributed by atoms with Crippen molar-refractivity contribution in [3.63, 3.8) is 0 Å². The lowest BCUT2D eigenvalue weighted by Crippen LogP contribution is -2.41. The Balaban J connectivity index is 1.61. The second kappa shape index (κ2) is 9.86. The highest BCUT2D eigenvalue weighted by Gasteiger charge is 2.24. The Morgan fingerprint density at radius 1 is 1.23 bits per heavy atom. The number of fused-ring (bicyclic) bond motifs is 1. The van der Waals surface area contributed by atoms with Gasteiger partial charge in [0, 0.05) is 23.5 Å². The van der Waals surface area contributed by atoms with Gasteiger partial charge in [0.2, 0.25) is 0 Å². The summed E-state index contributed by atoms with van der Waals surface area (Å²) in [7, 11) is 0. The van der Waals surface area contributed by atoms with Gasteiger partial charge in [0.25, 0.3) is 5.56 Å². The van der Waals surface area contributed by atoms with Crippen LogP contribution < -0.4 is 5.56 Å². The van der Waals surface area contributed by atoms with E-state index in [1.165, 1.54) is 30.6 Å². The number of hydrogen-bond acceptors (Lipinski definition) is 5. The highest BCUT2D eigenvalue weighted by molar-refractivity contribution is 7.17. The molecule has 1 unspecified atom stereocenters. The smallest absolute Gasteiger partial charge is 0.260 e. The molecule has 3 aromatic rings. The Hall–Kier alpha value is -2.02. The molecular weight excluding hydrogens is 394 g/mol. The molecule has 0 bridgehead atoms. The van der Waals surface area contributed by atoms with Gasteiger partial charge in [-0.15, -0.1) is 11.3 Å². The second-order valence-corrected chi connectivity index (χ2v) is 9.23. The van der Waals surface area contributed by atoms with Gasteiger partial charge in [0.15, 0.2) is 0 Å². The Morgan fingerprint density at radius 2 is 2.00 bits per heavy atom. The first-order valence-electron chi connectivity index (χ1n) is 11.1. The number of nitrogens with zero attached hydrogens (tertiary/aromatic N) is 2. The van der Waals surface area contributed by atoms with Crippen molar-refractivity contribution in [1.82, 2.24) is 14.9 Å². The molecule has 5 nitrogen and oxygen atoms in total. The zero-order chi connectivity index (χ0) is 20.9. The molecule has 0 aliphatic heterocycles. The fourth-order valence-corrected chi connectivity index (χ4v) is 5.54. The van der Waals surface area contributed by atoms with E-state index in [0.717, 1.165) is 41.6 Å². The van der Waals surface area contributed by atoms with Gasteiger partial charge in [-0.2, -0.15) is 0 Å². The summed E-state index contributed by atoms with van der Waals surface area (Å²) in [5, 5.41) is 13.1. The minimum Gasteiger partial charge on any atom is -0.392 e. The van der Waals surface area contributed by atoms with Crippen LogP contribution in [0, 0.1) is 0 Å². The summed E-state index contributed by atoms with van der Waals surface area (Å²) in [5.74, 6) is 0.697. The summed E-state index contributed by atoms with van der Waals surface area (Å²) in [6, 6.07) is 10.4. The summed E-state index contributed by atoms with van der Waals surface area (Å²) in [5.41, 5.74) is 1.90. The monoisotopic (exact) mass is 425 g/mol. The molecule has 2 heterocycles. The summed E-state index contributed by atoms with van der Waals surface area (Å²) in [6.45, 7) is 3.32. The summed E-state index contributed by atoms with van der Waals surface area (Å²) in [6.07, 6.45) is 7.51. The summed E-state index contributed by atoms with van der Waals surface area (Å²) in [4.78, 5) is 24.0. The maximum Gasteiger partial charge on any atom is 0.260 e. The number of thiophene rings is 1. The van der Waals surface area contributed by atoms with Crippen LogP contribution in [-0.4, -0.2) is 38.7 Å². The average molecular weight is 426 g/mol. The van der Waals surface area contributed by atoms with E-state index >= 15 is 0 Å². The molecule has 1 aliphatic carbocycles. The van der Waals surface area contributed by atoms with E-state index in [1.54, 1.807) is 0 Å². The van der Waals surface area contributed by atoms with Crippen LogP contribution >= 0.6 is 11.3 Å². The fourth-order valence-electron chi connectivity index (χ4n) is 4.58. The van der Waals surface area contributed by atoms with E-state index in [2.05, 4.69) is 16.8 Å². The van der Waals surface area contributed by atoms with E-state index in [4.69, 9.17) is 4.98 Å². The number of aromatic amines is 1. The molecular formula is C24H31N3O2S. The third-order valence-electron chi connectivity index (χ3n) is 6.09. The first kappa shape index (κ1) is 21.2. The molecule has 1 fully saturated rings. The molecule has 0 saturated heterocycles. The van der Waals surface area contributed by atoms with Crippen molar-refractivity contribution in [2.45, 2.75) is 70.6 Å². The summed E-state index contributed by atoms with van der Waals surface area (Å²) < 4.78 is 0. The number of nitrogens with one attached hydrogen (secondary N) is 1. The molecule has 1 saturated carbocycles. The lowest BCUT2D eigenvalue weighted by molar-refractivity contribution is 0.0613. The highest BCUT2D eigenvalue weighted by atomic mass is 32.1. The lowest BCUT2D eigenvalue weighted by Gasteiger charge is -2.35. The largest absolute Gasteiger partial charge is 0.392 e. The van der Waals surface area contributed by atoms with Gasteiger partial charge in [-0.3, -0.25) is 9.69 Å². The first-order chi connectivity index (χ1) is 14.7. The third kappa shape index (κ3) is 4.82. The average Bonchev–Trinajstić information content (AvgIpc) is 3.19. The topological polar surface area (TPSA) is 69.2 Å². The highest BCUT2D eigenvalue weighted by Crippen LogP contribution is 2.31. The molecule has 2 N–H and O–H groups in total. The molecule has 1 aliphatic rings. The van der Waals surface area contributed by atoms with Crippen molar-refractivity contribution in [3.05, 3.63) is 51.9 Å². The second-order valence-electron chi connectivity index (χ2n) is 8.37. The molecule has 4 rings (SSSR count). The van der Waals surface area contributed by atoms with Crippen molar-refractivity contribution in [1.29, 1.82) is 0 Å². The van der Waals surface area contributed by atoms with Crippen molar-refractivity contribution >= 4 is 21.6 Å². The molecule has 2 aromatic heterocycles. The zero-order valence-electron chi connectivity index (χ0n) is 17.6. The van der Waals surface area contributed by atoms with Crippen LogP contribution in [0.5, 0.6) is 0 Å². The number of aliphatic hydroxyl groups is 1. The maximum absolute atomic E-state index is 13.0. The van der Waals surface area contributed by atoms with Crippen LogP contribution in [0.3, 0.4) is 0 Å². The van der Waals surface area contributed by atoms with Gasteiger partial charge in [-0.05, 0) is 24.8 Å². The maximum atomic E-state index is 13.0. The van der Waals surface area contributed by atoms with Crippen molar-refractivity contribution in [2.75, 3.05) is 6.54 Å². The zero-order valence-corrected chi connectivity index (χ0v) is 18.5. The van der Waals surface area contributed by atoms with E-state index in [0.29, 0.717) is 30.3 Å². The molecule has 0 radical (unpaired) electrons. The van der Waals surface area contributed by atoms with Gasteiger partial charge in [0.05, 0.1) is 18.0 Å². The fraction of sp³-hybridized carbons (Fsp3) is 0.500. The first-order valence-corrected chi connectivity index (χ1v) is 12.0. The van der Waals surface area contributed by atoms with E-state index < -0.39 is 0 Å². The lowest BCUT2D eigenvalue weighted by atomic mass is 9.93. The Morgan fingerprint density at radius 3 is 2.73 bits per heavy atom. The molecule has 6 heteroatoms. The molecule has 30 heavy (non-hydrogen) atoms. The predicted molar refractivity (Wildman–Crippen MR) is 124 cm³/mol. The number of H-pyrrole nitrogens is 1. The third-order valence-corrected chi connectivity index (χ3v) is 6.96. The van der Waals surface area contributed by atoms with Gasteiger partial charge >= 0.3 is 0 Å². The molecule has 1 atom stereocenters. The molecule has 1 aromatic carbocycles. The quantitative estimate of drug-likeness (QED) is 0.536. The Kier molecular flexibility index (Phi) is 6.97. The van der Waals surface area contributed by atoms with Gasteiger partial charge < -0.3 is 10.1 Å². The van der Waals surface area contributed by atoms with Crippen molar-refractivity contribution < 1.29 is 5.11 Å². The Bertz CT molecular complexity index is 1010. The molecule has 160 valence electrons. The molecule has 0 amide bonds. The number of aromatic nitrogens is 2. The van der Waals surface area contributed by atoms with Crippen LogP contribution in [0.2, 0.25) is 0 Å². The van der Waals surface area contributed by atoms with Crippen molar-refractivity contribution in [2.24, 2.45) is 0 Å². The number of hydrogen-bond donors (Lipinski definition) is 2. The van der Waals surface area contributed by atoms with Crippen LogP contribution in [-0.2, 0) is 6.54 Å². The predicted octanol–water partition coefficient (Wildman–Crippen LogP) is 4.95. The van der Waals surface area contributed by atoms with E-state index in [9.17, 15) is 9.90 Å². The van der Waals surface area contributed by atoms with Gasteiger partial charge in [-0.25, -0.2) is 4.98 Å². The van der Waals surface area contributed by atoms with Gasteiger partial charge in [0.1, 0.15) is 10.7 Å². The SMILES string of the molecule is CCCC(O)CN(Cc1nc2scc(-c3ccccc3)c2c(=O)[nH]1)C1CCCCC1. The van der Waals surface area contributed by atoms with Crippen molar-refractivity contribution in [3.8, 4) is 11.1 Å².